The molecule has 2 rings (SSSR count). The van der Waals surface area contributed by atoms with E-state index in [0.717, 1.165) is 24.8 Å². The minimum Gasteiger partial charge on any atom is -0.458 e. The average Bonchev–Trinajstić information content (AvgIpc) is 2.60. The van der Waals surface area contributed by atoms with Crippen LogP contribution < -0.4 is 5.32 Å². The number of carbonyl (C=O) groups excluding carboxylic acids is 2. The van der Waals surface area contributed by atoms with E-state index in [4.69, 9.17) is 21.7 Å². The van der Waals surface area contributed by atoms with Gasteiger partial charge in [0.1, 0.15) is 6.10 Å². The van der Waals surface area contributed by atoms with Crippen molar-refractivity contribution in [2.45, 2.75) is 44.1 Å². The largest absolute Gasteiger partial charge is 0.458 e. The molecule has 7 heteroatoms. The number of hydrogen-bond donors (Lipinski definition) is 1. The first-order valence-corrected chi connectivity index (χ1v) is 8.37. The van der Waals surface area contributed by atoms with Gasteiger partial charge in [0, 0.05) is 26.4 Å². The first kappa shape index (κ1) is 18.3. The molecule has 1 aromatic heterocycles. The maximum atomic E-state index is 12.1. The van der Waals surface area contributed by atoms with E-state index in [9.17, 15) is 9.59 Å². The van der Waals surface area contributed by atoms with Gasteiger partial charge >= 0.3 is 11.9 Å². The smallest absolute Gasteiger partial charge is 0.344 e. The minimum atomic E-state index is -0.609. The van der Waals surface area contributed by atoms with Gasteiger partial charge in [-0.05, 0) is 30.9 Å². The molecule has 0 radical (unpaired) electrons. The van der Waals surface area contributed by atoms with Crippen molar-refractivity contribution in [1.29, 1.82) is 0 Å². The lowest BCUT2D eigenvalue weighted by Crippen LogP contribution is -2.54. The zero-order valence-corrected chi connectivity index (χ0v) is 14.7. The van der Waals surface area contributed by atoms with Crippen LogP contribution in [0, 0.1) is 0 Å². The highest BCUT2D eigenvalue weighted by atomic mass is 32.1. The van der Waals surface area contributed by atoms with Gasteiger partial charge in [0.05, 0.1) is 10.4 Å². The van der Waals surface area contributed by atoms with Crippen molar-refractivity contribution in [3.8, 4) is 0 Å². The summed E-state index contributed by atoms with van der Waals surface area (Å²) in [6.45, 7) is 0.866. The molecule has 1 fully saturated rings. The predicted octanol–water partition coefficient (Wildman–Crippen LogP) is 1.92. The summed E-state index contributed by atoms with van der Waals surface area (Å²) in [7, 11) is 1.77. The van der Waals surface area contributed by atoms with E-state index in [1.807, 2.05) is 12.1 Å². The van der Waals surface area contributed by atoms with Crippen molar-refractivity contribution in [2.24, 2.45) is 0 Å². The van der Waals surface area contributed by atoms with E-state index < -0.39 is 23.5 Å². The van der Waals surface area contributed by atoms with Gasteiger partial charge in [0.15, 0.2) is 6.61 Å². The lowest BCUT2D eigenvalue weighted by atomic mass is 9.67. The van der Waals surface area contributed by atoms with Crippen molar-refractivity contribution in [3.05, 3.63) is 30.1 Å². The molecule has 1 N–H and O–H groups in total. The number of aromatic nitrogens is 1. The number of hydrogen-bond acceptors (Lipinski definition) is 6. The summed E-state index contributed by atoms with van der Waals surface area (Å²) in [6.07, 6.45) is 6.44. The number of likely N-dealkylation sites (N-methyl/N-ethyl adjacent to an activating group) is 1. The average molecular weight is 350 g/mol. The van der Waals surface area contributed by atoms with Crippen molar-refractivity contribution in [3.63, 3.8) is 0 Å². The molecular formula is C17H22N2O4S. The van der Waals surface area contributed by atoms with Crippen LogP contribution in [-0.2, 0) is 24.5 Å². The fraction of sp³-hybridized carbons (Fsp3) is 0.529. The van der Waals surface area contributed by atoms with Crippen molar-refractivity contribution >= 4 is 29.1 Å². The number of rotatable bonds is 5. The molecule has 0 aromatic carbocycles. The maximum absolute atomic E-state index is 12.1. The summed E-state index contributed by atoms with van der Waals surface area (Å²) >= 11 is 5.59. The molecule has 130 valence electrons. The summed E-state index contributed by atoms with van der Waals surface area (Å²) in [4.78, 5) is 27.8. The molecule has 1 aliphatic carbocycles. The predicted molar refractivity (Wildman–Crippen MR) is 92.6 cm³/mol. The molecule has 1 saturated carbocycles. The van der Waals surface area contributed by atoms with Crippen LogP contribution in [0.2, 0.25) is 0 Å². The van der Waals surface area contributed by atoms with Gasteiger partial charge in [-0.2, -0.15) is 0 Å². The first-order chi connectivity index (χ1) is 11.5. The highest BCUT2D eigenvalue weighted by Crippen LogP contribution is 2.42. The van der Waals surface area contributed by atoms with Crippen molar-refractivity contribution in [2.75, 3.05) is 13.7 Å². The fourth-order valence-corrected chi connectivity index (χ4v) is 3.58. The third-order valence-corrected chi connectivity index (χ3v) is 4.88. The zero-order valence-electron chi connectivity index (χ0n) is 13.9. The van der Waals surface area contributed by atoms with Gasteiger partial charge in [-0.25, -0.2) is 4.79 Å². The van der Waals surface area contributed by atoms with Crippen LogP contribution in [0.3, 0.4) is 0 Å². The summed E-state index contributed by atoms with van der Waals surface area (Å²) in [5.74, 6) is -1.08. The van der Waals surface area contributed by atoms with E-state index in [2.05, 4.69) is 10.3 Å². The van der Waals surface area contributed by atoms with Crippen LogP contribution in [0.15, 0.2) is 24.5 Å². The minimum absolute atomic E-state index is 0.388. The Bertz CT molecular complexity index is 608. The molecule has 1 aromatic rings. The normalized spacial score (nSPS) is 23.2. The van der Waals surface area contributed by atoms with Gasteiger partial charge in [-0.15, -0.1) is 0 Å². The van der Waals surface area contributed by atoms with Gasteiger partial charge in [0.25, 0.3) is 0 Å². The molecule has 1 heterocycles. The molecule has 0 unspecified atom stereocenters. The lowest BCUT2D eigenvalue weighted by Gasteiger charge is -2.43. The summed E-state index contributed by atoms with van der Waals surface area (Å²) in [6, 6.07) is 3.80. The van der Waals surface area contributed by atoms with Gasteiger partial charge in [0.2, 0.25) is 0 Å². The van der Waals surface area contributed by atoms with Gasteiger partial charge in [-0.3, -0.25) is 9.78 Å². The molecule has 6 nitrogen and oxygen atoms in total. The van der Waals surface area contributed by atoms with E-state index >= 15 is 0 Å². The van der Waals surface area contributed by atoms with Crippen LogP contribution in [0.1, 0.15) is 38.2 Å². The molecule has 1 aliphatic rings. The lowest BCUT2D eigenvalue weighted by molar-refractivity contribution is -0.164. The second-order valence-electron chi connectivity index (χ2n) is 5.80. The Balaban J connectivity index is 2.30. The third kappa shape index (κ3) is 3.90. The Morgan fingerprint density at radius 3 is 2.88 bits per heavy atom. The topological polar surface area (TPSA) is 77.5 Å². The van der Waals surface area contributed by atoms with Crippen LogP contribution >= 0.6 is 12.2 Å². The SMILES string of the molecule is CNC(=S)[C@]1(c2cccnc2)CCCC[C@H]1OC(=O)COC(C)=O. The van der Waals surface area contributed by atoms with Crippen LogP contribution in [0.4, 0.5) is 0 Å². The van der Waals surface area contributed by atoms with Crippen LogP contribution in [0.5, 0.6) is 0 Å². The van der Waals surface area contributed by atoms with Gasteiger partial charge in [-0.1, -0.05) is 24.7 Å². The standard InChI is InChI=1S/C17H22N2O4S/c1-12(20)22-11-15(21)23-14-7-3-4-8-17(14,16(24)18-2)13-6-5-9-19-10-13/h5-6,9-10,14H,3-4,7-8,11H2,1-2H3,(H,18,24)/t14-,17+/m1/s1. The Hall–Kier alpha value is -2.02. The molecule has 2 atom stereocenters. The van der Waals surface area contributed by atoms with E-state index in [1.54, 1.807) is 19.4 Å². The third-order valence-electron chi connectivity index (χ3n) is 4.31. The van der Waals surface area contributed by atoms with E-state index in [-0.39, 0.29) is 6.61 Å². The second kappa shape index (κ2) is 8.19. The number of ether oxygens (including phenoxy) is 2. The highest BCUT2D eigenvalue weighted by Gasteiger charge is 2.48. The Kier molecular flexibility index (Phi) is 6.25. The number of nitrogens with one attached hydrogen (secondary N) is 1. The molecule has 0 bridgehead atoms. The fourth-order valence-electron chi connectivity index (χ4n) is 3.22. The van der Waals surface area contributed by atoms with Crippen LogP contribution in [-0.4, -0.2) is 41.7 Å². The van der Waals surface area contributed by atoms with Crippen molar-refractivity contribution < 1.29 is 19.1 Å². The Morgan fingerprint density at radius 2 is 2.25 bits per heavy atom. The van der Waals surface area contributed by atoms with Crippen molar-refractivity contribution in [1.82, 2.24) is 10.3 Å². The monoisotopic (exact) mass is 350 g/mol. The van der Waals surface area contributed by atoms with E-state index in [1.165, 1.54) is 6.92 Å². The molecule has 24 heavy (non-hydrogen) atoms. The number of esters is 2. The number of pyridine rings is 1. The number of nitrogens with zero attached hydrogens (tertiary/aromatic N) is 1. The Labute approximate surface area is 146 Å². The first-order valence-electron chi connectivity index (χ1n) is 7.96. The molecule has 0 aliphatic heterocycles. The molecule has 0 saturated heterocycles. The molecule has 0 spiro atoms. The highest BCUT2D eigenvalue weighted by molar-refractivity contribution is 7.80. The van der Waals surface area contributed by atoms with Crippen LogP contribution in [0.25, 0.3) is 0 Å². The van der Waals surface area contributed by atoms with Gasteiger partial charge < -0.3 is 14.8 Å². The molecular weight excluding hydrogens is 328 g/mol. The summed E-state index contributed by atoms with van der Waals surface area (Å²) in [5, 5.41) is 3.05. The van der Waals surface area contributed by atoms with E-state index in [0.29, 0.717) is 11.4 Å². The number of carbonyl (C=O) groups is 2. The summed E-state index contributed by atoms with van der Waals surface area (Å²) < 4.78 is 10.4. The zero-order chi connectivity index (χ0) is 17.6. The second-order valence-corrected chi connectivity index (χ2v) is 6.20. The quantitative estimate of drug-likeness (QED) is 0.642. The molecule has 0 amide bonds. The maximum Gasteiger partial charge on any atom is 0.344 e. The summed E-state index contributed by atoms with van der Waals surface area (Å²) in [5.41, 5.74) is 0.317. The Morgan fingerprint density at radius 1 is 1.46 bits per heavy atom. The number of thiocarbonyl (C=S) groups is 1.